The van der Waals surface area contributed by atoms with Crippen LogP contribution < -0.4 is 4.74 Å². The molecule has 0 bridgehead atoms. The van der Waals surface area contributed by atoms with Crippen LogP contribution in [-0.2, 0) is 27.7 Å². The smallest absolute Gasteiger partial charge is 0.257 e. The number of benzene rings is 2. The molecule has 2 aromatic carbocycles. The molecule has 1 fully saturated rings. The summed E-state index contributed by atoms with van der Waals surface area (Å²) < 4.78 is 38.7. The maximum Gasteiger partial charge on any atom is 0.257 e. The SMILES string of the molecule is COc1ccc(S(=O)(=O)N2CCc3ccccc3C2)cc1C(=O)N1CCOCC1. The van der Waals surface area contributed by atoms with Crippen LogP contribution in [0.2, 0.25) is 0 Å². The number of methoxy groups -OCH3 is 1. The van der Waals surface area contributed by atoms with Gasteiger partial charge in [0.15, 0.2) is 0 Å². The number of carbonyl (C=O) groups is 1. The molecule has 7 nitrogen and oxygen atoms in total. The highest BCUT2D eigenvalue weighted by atomic mass is 32.2. The molecule has 0 aliphatic carbocycles. The number of rotatable bonds is 4. The lowest BCUT2D eigenvalue weighted by Gasteiger charge is -2.29. The molecule has 2 heterocycles. The topological polar surface area (TPSA) is 76.2 Å². The van der Waals surface area contributed by atoms with Crippen molar-refractivity contribution >= 4 is 15.9 Å². The van der Waals surface area contributed by atoms with Gasteiger partial charge in [0.05, 0.1) is 30.8 Å². The molecule has 0 spiro atoms. The van der Waals surface area contributed by atoms with Gasteiger partial charge in [0.1, 0.15) is 5.75 Å². The number of hydrogen-bond acceptors (Lipinski definition) is 5. The Balaban J connectivity index is 1.65. The summed E-state index contributed by atoms with van der Waals surface area (Å²) >= 11 is 0. The van der Waals surface area contributed by atoms with E-state index < -0.39 is 10.0 Å². The zero-order valence-electron chi connectivity index (χ0n) is 16.3. The lowest BCUT2D eigenvalue weighted by molar-refractivity contribution is 0.0300. The lowest BCUT2D eigenvalue weighted by atomic mass is 10.0. The number of carbonyl (C=O) groups excluding carboxylic acids is 1. The van der Waals surface area contributed by atoms with Crippen LogP contribution in [0, 0.1) is 0 Å². The minimum absolute atomic E-state index is 0.106. The fraction of sp³-hybridized carbons (Fsp3) is 0.381. The molecule has 0 radical (unpaired) electrons. The number of fused-ring (bicyclic) bond motifs is 1. The molecule has 2 aliphatic rings. The molecule has 1 saturated heterocycles. The summed E-state index contributed by atoms with van der Waals surface area (Å²) in [4.78, 5) is 14.7. The van der Waals surface area contributed by atoms with Gasteiger partial charge in [-0.15, -0.1) is 0 Å². The molecule has 0 saturated carbocycles. The second-order valence-corrected chi connectivity index (χ2v) is 9.06. The van der Waals surface area contributed by atoms with E-state index in [1.807, 2.05) is 24.3 Å². The normalized spacial score (nSPS) is 17.6. The number of sulfonamides is 1. The quantitative estimate of drug-likeness (QED) is 0.761. The van der Waals surface area contributed by atoms with E-state index in [0.29, 0.717) is 51.6 Å². The first-order chi connectivity index (χ1) is 14.0. The maximum absolute atomic E-state index is 13.3. The van der Waals surface area contributed by atoms with Crippen LogP contribution in [0.5, 0.6) is 5.75 Å². The lowest BCUT2D eigenvalue weighted by Crippen LogP contribution is -2.41. The van der Waals surface area contributed by atoms with E-state index >= 15 is 0 Å². The molecule has 0 atom stereocenters. The van der Waals surface area contributed by atoms with Gasteiger partial charge in [-0.1, -0.05) is 24.3 Å². The Bertz CT molecular complexity index is 1020. The molecule has 8 heteroatoms. The van der Waals surface area contributed by atoms with Crippen LogP contribution in [0.15, 0.2) is 47.4 Å². The summed E-state index contributed by atoms with van der Waals surface area (Å²) in [6, 6.07) is 12.4. The van der Waals surface area contributed by atoms with E-state index in [0.717, 1.165) is 5.56 Å². The second kappa shape index (κ2) is 8.14. The summed E-state index contributed by atoms with van der Waals surface area (Å²) in [5.74, 6) is 0.121. The highest BCUT2D eigenvalue weighted by Gasteiger charge is 2.30. The molecular formula is C21H24N2O5S. The van der Waals surface area contributed by atoms with Gasteiger partial charge in [-0.25, -0.2) is 8.42 Å². The van der Waals surface area contributed by atoms with Gasteiger partial charge < -0.3 is 14.4 Å². The highest BCUT2D eigenvalue weighted by Crippen LogP contribution is 2.29. The summed E-state index contributed by atoms with van der Waals surface area (Å²) in [7, 11) is -2.26. The minimum Gasteiger partial charge on any atom is -0.496 e. The highest BCUT2D eigenvalue weighted by molar-refractivity contribution is 7.89. The van der Waals surface area contributed by atoms with Gasteiger partial charge in [-0.05, 0) is 35.7 Å². The van der Waals surface area contributed by atoms with Crippen molar-refractivity contribution in [3.8, 4) is 5.75 Å². The second-order valence-electron chi connectivity index (χ2n) is 7.12. The molecule has 2 aromatic rings. The zero-order valence-corrected chi connectivity index (χ0v) is 17.2. The Morgan fingerprint density at radius 3 is 2.48 bits per heavy atom. The number of ether oxygens (including phenoxy) is 2. The molecule has 1 amide bonds. The van der Waals surface area contributed by atoms with Crippen molar-refractivity contribution in [2.45, 2.75) is 17.9 Å². The van der Waals surface area contributed by atoms with Gasteiger partial charge >= 0.3 is 0 Å². The van der Waals surface area contributed by atoms with Gasteiger partial charge in [0.2, 0.25) is 10.0 Å². The van der Waals surface area contributed by atoms with E-state index in [1.54, 1.807) is 11.0 Å². The van der Waals surface area contributed by atoms with Gasteiger partial charge in [-0.2, -0.15) is 4.31 Å². The minimum atomic E-state index is -3.73. The Morgan fingerprint density at radius 1 is 1.03 bits per heavy atom. The van der Waals surface area contributed by atoms with E-state index in [9.17, 15) is 13.2 Å². The maximum atomic E-state index is 13.3. The fourth-order valence-electron chi connectivity index (χ4n) is 3.78. The number of amides is 1. The Hall–Kier alpha value is -2.42. The Kier molecular flexibility index (Phi) is 5.58. The number of hydrogen-bond donors (Lipinski definition) is 0. The van der Waals surface area contributed by atoms with Crippen molar-refractivity contribution in [1.82, 2.24) is 9.21 Å². The number of morpholine rings is 1. The van der Waals surface area contributed by atoms with Crippen LogP contribution in [0.3, 0.4) is 0 Å². The average Bonchev–Trinajstić information content (AvgIpc) is 2.78. The van der Waals surface area contributed by atoms with Crippen molar-refractivity contribution in [2.75, 3.05) is 40.0 Å². The monoisotopic (exact) mass is 416 g/mol. The molecule has 0 N–H and O–H groups in total. The van der Waals surface area contributed by atoms with Crippen LogP contribution in [-0.4, -0.2) is 63.5 Å². The van der Waals surface area contributed by atoms with E-state index in [1.165, 1.54) is 29.1 Å². The summed E-state index contributed by atoms with van der Waals surface area (Å²) in [6.07, 6.45) is 0.672. The van der Waals surface area contributed by atoms with E-state index in [2.05, 4.69) is 0 Å². The molecule has 2 aliphatic heterocycles. The van der Waals surface area contributed by atoms with E-state index in [-0.39, 0.29) is 16.4 Å². The summed E-state index contributed by atoms with van der Waals surface area (Å²) in [5.41, 5.74) is 2.45. The predicted octanol–water partition coefficient (Wildman–Crippen LogP) is 1.91. The third kappa shape index (κ3) is 3.88. The molecule has 0 unspecified atom stereocenters. The molecule has 154 valence electrons. The van der Waals surface area contributed by atoms with Gasteiger partial charge in [0, 0.05) is 26.2 Å². The van der Waals surface area contributed by atoms with Crippen LogP contribution >= 0.6 is 0 Å². The molecular weight excluding hydrogens is 392 g/mol. The standard InChI is InChI=1S/C21H24N2O5S/c1-27-20-7-6-18(14-19(20)21(24)22-10-12-28-13-11-22)29(25,26)23-9-8-16-4-2-3-5-17(16)15-23/h2-7,14H,8-13,15H2,1H3. The molecule has 29 heavy (non-hydrogen) atoms. The first kappa shape index (κ1) is 19.9. The largest absolute Gasteiger partial charge is 0.496 e. The van der Waals surface area contributed by atoms with E-state index in [4.69, 9.17) is 9.47 Å². The third-order valence-electron chi connectivity index (χ3n) is 5.43. The first-order valence-electron chi connectivity index (χ1n) is 9.62. The molecule has 4 rings (SSSR count). The van der Waals surface area contributed by atoms with Crippen molar-refractivity contribution in [1.29, 1.82) is 0 Å². The summed E-state index contributed by atoms with van der Waals surface area (Å²) in [5, 5.41) is 0. The Labute approximate surface area is 170 Å². The van der Waals surface area contributed by atoms with Crippen molar-refractivity contribution in [3.63, 3.8) is 0 Å². The van der Waals surface area contributed by atoms with Crippen molar-refractivity contribution in [3.05, 3.63) is 59.2 Å². The van der Waals surface area contributed by atoms with Crippen LogP contribution in [0.25, 0.3) is 0 Å². The van der Waals surface area contributed by atoms with Crippen LogP contribution in [0.1, 0.15) is 21.5 Å². The van der Waals surface area contributed by atoms with Crippen molar-refractivity contribution < 1.29 is 22.7 Å². The van der Waals surface area contributed by atoms with Crippen LogP contribution in [0.4, 0.5) is 0 Å². The predicted molar refractivity (Wildman–Crippen MR) is 107 cm³/mol. The summed E-state index contributed by atoms with van der Waals surface area (Å²) in [6.45, 7) is 2.64. The fourth-order valence-corrected chi connectivity index (χ4v) is 5.22. The third-order valence-corrected chi connectivity index (χ3v) is 7.27. The van der Waals surface area contributed by atoms with Crippen molar-refractivity contribution in [2.24, 2.45) is 0 Å². The average molecular weight is 416 g/mol. The van der Waals surface area contributed by atoms with Gasteiger partial charge in [-0.3, -0.25) is 4.79 Å². The zero-order chi connectivity index (χ0) is 20.4. The Morgan fingerprint density at radius 2 is 1.76 bits per heavy atom. The first-order valence-corrected chi connectivity index (χ1v) is 11.1. The molecule has 0 aromatic heterocycles. The number of nitrogens with zero attached hydrogens (tertiary/aromatic N) is 2. The van der Waals surface area contributed by atoms with Gasteiger partial charge in [0.25, 0.3) is 5.91 Å².